The van der Waals surface area contributed by atoms with Crippen molar-refractivity contribution in [2.24, 2.45) is 0 Å². The molecule has 0 amide bonds. The Morgan fingerprint density at radius 2 is 1.78 bits per heavy atom. The molecule has 4 heteroatoms. The molecule has 0 radical (unpaired) electrons. The van der Waals surface area contributed by atoms with E-state index in [0.29, 0.717) is 0 Å². The minimum Gasteiger partial charge on any atom is -0.392 e. The summed E-state index contributed by atoms with van der Waals surface area (Å²) in [6.07, 6.45) is 0. The van der Waals surface area contributed by atoms with Gasteiger partial charge in [0.25, 0.3) is 0 Å². The zero-order valence-corrected chi connectivity index (χ0v) is 14.2. The lowest BCUT2D eigenvalue weighted by atomic mass is 10.1. The van der Waals surface area contributed by atoms with Crippen LogP contribution in [-0.2, 0) is 6.61 Å². The van der Waals surface area contributed by atoms with Gasteiger partial charge in [-0.25, -0.2) is 0 Å². The molecule has 0 atom stereocenters. The first kappa shape index (κ1) is 14.0. The first-order valence-corrected chi connectivity index (χ1v) is 11.0. The number of benzene rings is 1. The summed E-state index contributed by atoms with van der Waals surface area (Å²) in [4.78, 5) is 1.16. The molecule has 1 nitrogen and oxygen atoms in total. The summed E-state index contributed by atoms with van der Waals surface area (Å²) in [5.41, 5.74) is 2.18. The summed E-state index contributed by atoms with van der Waals surface area (Å²) in [5.74, 6) is 0. The molecule has 0 spiro atoms. The maximum atomic E-state index is 9.37. The molecule has 1 aromatic heterocycles. The van der Waals surface area contributed by atoms with Gasteiger partial charge in [-0.2, -0.15) is 0 Å². The van der Waals surface area contributed by atoms with Crippen molar-refractivity contribution in [3.05, 3.63) is 39.7 Å². The lowest BCUT2D eigenvalue weighted by Crippen LogP contribution is -2.37. The summed E-state index contributed by atoms with van der Waals surface area (Å²) < 4.78 is 1.07. The van der Waals surface area contributed by atoms with Crippen molar-refractivity contribution in [1.29, 1.82) is 0 Å². The van der Waals surface area contributed by atoms with Crippen LogP contribution in [0.4, 0.5) is 0 Å². The summed E-state index contributed by atoms with van der Waals surface area (Å²) in [7, 11) is -1.23. The molecule has 96 valence electrons. The van der Waals surface area contributed by atoms with Crippen LogP contribution in [0.2, 0.25) is 19.6 Å². The minimum atomic E-state index is -1.23. The molecule has 1 heterocycles. The van der Waals surface area contributed by atoms with E-state index in [4.69, 9.17) is 0 Å². The lowest BCUT2D eigenvalue weighted by molar-refractivity contribution is 0.283. The second-order valence-electron chi connectivity index (χ2n) is 5.39. The molecule has 2 rings (SSSR count). The van der Waals surface area contributed by atoms with E-state index in [2.05, 4.69) is 59.8 Å². The van der Waals surface area contributed by atoms with Gasteiger partial charge in [-0.15, -0.1) is 11.3 Å². The van der Waals surface area contributed by atoms with E-state index in [-0.39, 0.29) is 6.61 Å². The molecule has 1 N–H and O–H groups in total. The van der Waals surface area contributed by atoms with E-state index in [9.17, 15) is 5.11 Å². The maximum absolute atomic E-state index is 9.37. The van der Waals surface area contributed by atoms with Crippen LogP contribution >= 0.6 is 27.3 Å². The number of halogens is 1. The smallest absolute Gasteiger partial charge is 0.0775 e. The molecule has 0 saturated heterocycles. The third-order valence-electron chi connectivity index (χ3n) is 2.96. The Balaban J connectivity index is 2.40. The van der Waals surface area contributed by atoms with Gasteiger partial charge in [0.15, 0.2) is 0 Å². The monoisotopic (exact) mass is 340 g/mol. The Morgan fingerprint density at radius 1 is 1.17 bits per heavy atom. The minimum absolute atomic E-state index is 0.0905. The molecule has 0 aliphatic carbocycles. The normalized spacial score (nSPS) is 11.8. The van der Waals surface area contributed by atoms with Crippen molar-refractivity contribution in [1.82, 2.24) is 0 Å². The van der Waals surface area contributed by atoms with Crippen molar-refractivity contribution in [2.75, 3.05) is 0 Å². The fraction of sp³-hybridized carbons (Fsp3) is 0.286. The zero-order chi connectivity index (χ0) is 13.3. The molecular formula is C14H17BrOSSi. The average molecular weight is 341 g/mol. The van der Waals surface area contributed by atoms with Gasteiger partial charge in [-0.3, -0.25) is 0 Å². The Hall–Kier alpha value is -0.423. The Labute approximate surface area is 122 Å². The molecule has 0 saturated carbocycles. The SMILES string of the molecule is C[Si](C)(C)c1ccc(-c2sc(Br)cc2CO)cc1. The molecule has 0 aliphatic heterocycles. The Kier molecular flexibility index (Phi) is 4.11. The molecule has 1 aromatic carbocycles. The van der Waals surface area contributed by atoms with Crippen molar-refractivity contribution >= 4 is 40.5 Å². The van der Waals surface area contributed by atoms with Crippen LogP contribution in [0.25, 0.3) is 10.4 Å². The summed E-state index contributed by atoms with van der Waals surface area (Å²) in [6.45, 7) is 7.14. The van der Waals surface area contributed by atoms with E-state index in [0.717, 1.165) is 14.2 Å². The van der Waals surface area contributed by atoms with E-state index < -0.39 is 8.07 Å². The lowest BCUT2D eigenvalue weighted by Gasteiger charge is -2.16. The number of hydrogen-bond donors (Lipinski definition) is 1. The molecule has 2 aromatic rings. The van der Waals surface area contributed by atoms with Crippen LogP contribution in [0, 0.1) is 0 Å². The van der Waals surface area contributed by atoms with E-state index in [1.165, 1.54) is 10.8 Å². The second kappa shape index (κ2) is 5.29. The molecule has 0 bridgehead atoms. The van der Waals surface area contributed by atoms with Crippen LogP contribution in [-0.4, -0.2) is 13.2 Å². The van der Waals surface area contributed by atoms with Gasteiger partial charge in [0.05, 0.1) is 18.5 Å². The number of aliphatic hydroxyl groups excluding tert-OH is 1. The van der Waals surface area contributed by atoms with Crippen molar-refractivity contribution < 1.29 is 5.11 Å². The van der Waals surface area contributed by atoms with Crippen LogP contribution in [0.1, 0.15) is 5.56 Å². The standard InChI is InChI=1S/C14H17BrOSSi/c1-18(2,3)12-6-4-10(5-7-12)14-11(9-16)8-13(15)17-14/h4-8,16H,9H2,1-3H3. The van der Waals surface area contributed by atoms with Gasteiger partial charge in [0.1, 0.15) is 0 Å². The van der Waals surface area contributed by atoms with Crippen molar-refractivity contribution in [3.8, 4) is 10.4 Å². The van der Waals surface area contributed by atoms with Gasteiger partial charge in [0, 0.05) is 4.88 Å². The third-order valence-corrected chi connectivity index (χ3v) is 6.76. The maximum Gasteiger partial charge on any atom is 0.0775 e. The fourth-order valence-electron chi connectivity index (χ4n) is 1.88. The van der Waals surface area contributed by atoms with Gasteiger partial charge < -0.3 is 5.11 Å². The number of rotatable bonds is 3. The largest absolute Gasteiger partial charge is 0.392 e. The van der Waals surface area contributed by atoms with Gasteiger partial charge in [-0.1, -0.05) is 49.1 Å². The second-order valence-corrected chi connectivity index (χ2v) is 12.9. The molecule has 0 aliphatic rings. The summed E-state index contributed by atoms with van der Waals surface area (Å²) in [6, 6.07) is 10.8. The Bertz CT molecular complexity index is 540. The van der Waals surface area contributed by atoms with Crippen LogP contribution in [0.5, 0.6) is 0 Å². The van der Waals surface area contributed by atoms with E-state index >= 15 is 0 Å². The van der Waals surface area contributed by atoms with Crippen LogP contribution < -0.4 is 5.19 Å². The van der Waals surface area contributed by atoms with Crippen molar-refractivity contribution in [2.45, 2.75) is 26.2 Å². The highest BCUT2D eigenvalue weighted by Gasteiger charge is 2.16. The van der Waals surface area contributed by atoms with Gasteiger partial charge in [-0.05, 0) is 33.1 Å². The van der Waals surface area contributed by atoms with E-state index in [1.54, 1.807) is 11.3 Å². The fourth-order valence-corrected chi connectivity index (χ4v) is 4.71. The molecule has 0 unspecified atom stereocenters. The third kappa shape index (κ3) is 2.94. The predicted molar refractivity (Wildman–Crippen MR) is 86.4 cm³/mol. The Morgan fingerprint density at radius 3 is 2.28 bits per heavy atom. The highest BCUT2D eigenvalue weighted by Crippen LogP contribution is 2.35. The topological polar surface area (TPSA) is 20.2 Å². The predicted octanol–water partition coefficient (Wildman–Crippen LogP) is 4.22. The summed E-state index contributed by atoms with van der Waals surface area (Å²) >= 11 is 5.15. The summed E-state index contributed by atoms with van der Waals surface area (Å²) in [5, 5.41) is 10.8. The average Bonchev–Trinajstić information content (AvgIpc) is 2.69. The highest BCUT2D eigenvalue weighted by atomic mass is 79.9. The zero-order valence-electron chi connectivity index (χ0n) is 10.8. The molecule has 0 fully saturated rings. The number of aliphatic hydroxyl groups is 1. The molecule has 18 heavy (non-hydrogen) atoms. The first-order valence-electron chi connectivity index (χ1n) is 5.92. The van der Waals surface area contributed by atoms with Crippen LogP contribution in [0.3, 0.4) is 0 Å². The van der Waals surface area contributed by atoms with E-state index in [1.807, 2.05) is 6.07 Å². The number of hydrogen-bond acceptors (Lipinski definition) is 2. The van der Waals surface area contributed by atoms with Crippen LogP contribution in [0.15, 0.2) is 34.1 Å². The first-order chi connectivity index (χ1) is 8.41. The van der Waals surface area contributed by atoms with Crippen molar-refractivity contribution in [3.63, 3.8) is 0 Å². The quantitative estimate of drug-likeness (QED) is 0.829. The number of thiophene rings is 1. The van der Waals surface area contributed by atoms with Gasteiger partial charge in [0.2, 0.25) is 0 Å². The van der Waals surface area contributed by atoms with Gasteiger partial charge >= 0.3 is 0 Å². The molecular weight excluding hydrogens is 324 g/mol. The highest BCUT2D eigenvalue weighted by molar-refractivity contribution is 9.11.